The maximum atomic E-state index is 12.2. The Morgan fingerprint density at radius 2 is 1.61 bits per heavy atom. The SMILES string of the molecule is C[C@H](NC(=O)Cc1ccc(Cl)cc1)c1ccc(C(C)(C)C)cc1. The van der Waals surface area contributed by atoms with E-state index in [2.05, 4.69) is 50.4 Å². The molecule has 0 saturated carbocycles. The smallest absolute Gasteiger partial charge is 0.224 e. The largest absolute Gasteiger partial charge is 0.349 e. The fraction of sp³-hybridized carbons (Fsp3) is 0.350. The number of carbonyl (C=O) groups is 1. The van der Waals surface area contributed by atoms with Crippen LogP contribution in [0.5, 0.6) is 0 Å². The minimum Gasteiger partial charge on any atom is -0.349 e. The highest BCUT2D eigenvalue weighted by Crippen LogP contribution is 2.24. The zero-order valence-corrected chi connectivity index (χ0v) is 14.9. The van der Waals surface area contributed by atoms with Gasteiger partial charge in [0.25, 0.3) is 0 Å². The van der Waals surface area contributed by atoms with Gasteiger partial charge in [-0.15, -0.1) is 0 Å². The second kappa shape index (κ2) is 7.18. The van der Waals surface area contributed by atoms with Crippen molar-refractivity contribution in [2.45, 2.75) is 45.6 Å². The van der Waals surface area contributed by atoms with E-state index in [1.165, 1.54) is 5.56 Å². The lowest BCUT2D eigenvalue weighted by molar-refractivity contribution is -0.121. The maximum absolute atomic E-state index is 12.2. The highest BCUT2D eigenvalue weighted by Gasteiger charge is 2.15. The number of halogens is 1. The number of amides is 1. The predicted molar refractivity (Wildman–Crippen MR) is 96.9 cm³/mol. The van der Waals surface area contributed by atoms with E-state index in [-0.39, 0.29) is 17.4 Å². The molecule has 3 heteroatoms. The van der Waals surface area contributed by atoms with Gasteiger partial charge >= 0.3 is 0 Å². The van der Waals surface area contributed by atoms with E-state index in [4.69, 9.17) is 11.6 Å². The van der Waals surface area contributed by atoms with Gasteiger partial charge in [-0.25, -0.2) is 0 Å². The normalized spacial score (nSPS) is 12.7. The summed E-state index contributed by atoms with van der Waals surface area (Å²) in [6.07, 6.45) is 0.363. The third kappa shape index (κ3) is 5.11. The molecule has 2 rings (SSSR count). The van der Waals surface area contributed by atoms with E-state index in [0.29, 0.717) is 11.4 Å². The maximum Gasteiger partial charge on any atom is 0.224 e. The van der Waals surface area contributed by atoms with Gasteiger partial charge in [-0.2, -0.15) is 0 Å². The first-order chi connectivity index (χ1) is 10.8. The fourth-order valence-corrected chi connectivity index (χ4v) is 2.56. The van der Waals surface area contributed by atoms with Crippen LogP contribution in [0, 0.1) is 0 Å². The van der Waals surface area contributed by atoms with Crippen LogP contribution in [-0.4, -0.2) is 5.91 Å². The summed E-state index contributed by atoms with van der Waals surface area (Å²) in [5.41, 5.74) is 3.50. The van der Waals surface area contributed by atoms with Crippen LogP contribution >= 0.6 is 11.6 Å². The molecule has 0 bridgehead atoms. The molecule has 0 aliphatic carbocycles. The van der Waals surface area contributed by atoms with E-state index in [9.17, 15) is 4.79 Å². The molecule has 1 atom stereocenters. The number of benzene rings is 2. The molecule has 0 unspecified atom stereocenters. The number of nitrogens with one attached hydrogen (secondary N) is 1. The van der Waals surface area contributed by atoms with Crippen LogP contribution in [0.4, 0.5) is 0 Å². The second-order valence-electron chi connectivity index (χ2n) is 6.96. The van der Waals surface area contributed by atoms with E-state index >= 15 is 0 Å². The average molecular weight is 330 g/mol. The van der Waals surface area contributed by atoms with Crippen molar-refractivity contribution < 1.29 is 4.79 Å². The minimum atomic E-state index is -0.0104. The molecule has 1 amide bonds. The Morgan fingerprint density at radius 1 is 1.04 bits per heavy atom. The number of rotatable bonds is 4. The van der Waals surface area contributed by atoms with Gasteiger partial charge in [-0.05, 0) is 41.2 Å². The van der Waals surface area contributed by atoms with E-state index in [0.717, 1.165) is 11.1 Å². The van der Waals surface area contributed by atoms with E-state index in [1.807, 2.05) is 19.1 Å². The Labute approximate surface area is 143 Å². The molecule has 0 saturated heterocycles. The zero-order valence-electron chi connectivity index (χ0n) is 14.2. The predicted octanol–water partition coefficient (Wildman–Crippen LogP) is 5.06. The molecule has 0 spiro atoms. The van der Waals surface area contributed by atoms with Gasteiger partial charge in [0.05, 0.1) is 12.5 Å². The van der Waals surface area contributed by atoms with Crippen molar-refractivity contribution in [2.24, 2.45) is 0 Å². The Hall–Kier alpha value is -1.80. The second-order valence-corrected chi connectivity index (χ2v) is 7.40. The van der Waals surface area contributed by atoms with E-state index < -0.39 is 0 Å². The van der Waals surface area contributed by atoms with Crippen LogP contribution in [0.3, 0.4) is 0 Å². The standard InChI is InChI=1S/C20H24ClNO/c1-14(16-7-9-17(10-8-16)20(2,3)4)22-19(23)13-15-5-11-18(21)12-6-15/h5-12,14H,13H2,1-4H3,(H,22,23)/t14-/m0/s1. The molecule has 1 N–H and O–H groups in total. The summed E-state index contributed by atoms with van der Waals surface area (Å²) in [6.45, 7) is 8.59. The third-order valence-corrected chi connectivity index (χ3v) is 4.18. The number of carbonyl (C=O) groups excluding carboxylic acids is 1. The zero-order chi connectivity index (χ0) is 17.0. The summed E-state index contributed by atoms with van der Waals surface area (Å²) in [5, 5.41) is 3.73. The lowest BCUT2D eigenvalue weighted by Gasteiger charge is -2.20. The Bertz CT molecular complexity index is 654. The first-order valence-corrected chi connectivity index (χ1v) is 8.28. The first-order valence-electron chi connectivity index (χ1n) is 7.90. The average Bonchev–Trinajstić information content (AvgIpc) is 2.49. The quantitative estimate of drug-likeness (QED) is 0.834. The van der Waals surface area contributed by atoms with Crippen molar-refractivity contribution in [3.05, 3.63) is 70.2 Å². The van der Waals surface area contributed by atoms with Gasteiger partial charge < -0.3 is 5.32 Å². The van der Waals surface area contributed by atoms with Gasteiger partial charge in [0.2, 0.25) is 5.91 Å². The van der Waals surface area contributed by atoms with Crippen LogP contribution in [0.25, 0.3) is 0 Å². The summed E-state index contributed by atoms with van der Waals surface area (Å²) in [4.78, 5) is 12.2. The Balaban J connectivity index is 1.96. The van der Waals surface area contributed by atoms with Crippen molar-refractivity contribution in [3.8, 4) is 0 Å². The Kier molecular flexibility index (Phi) is 5.48. The summed E-state index contributed by atoms with van der Waals surface area (Å²) in [7, 11) is 0. The van der Waals surface area contributed by atoms with Gasteiger partial charge in [0.1, 0.15) is 0 Å². The van der Waals surface area contributed by atoms with E-state index in [1.54, 1.807) is 12.1 Å². The lowest BCUT2D eigenvalue weighted by Crippen LogP contribution is -2.28. The van der Waals surface area contributed by atoms with Crippen LogP contribution < -0.4 is 5.32 Å². The number of hydrogen-bond acceptors (Lipinski definition) is 1. The van der Waals surface area contributed by atoms with Gasteiger partial charge in [-0.1, -0.05) is 68.8 Å². The Morgan fingerprint density at radius 3 is 2.13 bits per heavy atom. The molecule has 0 fully saturated rings. The monoisotopic (exact) mass is 329 g/mol. The third-order valence-electron chi connectivity index (χ3n) is 3.93. The summed E-state index contributed by atoms with van der Waals surface area (Å²) >= 11 is 5.86. The molecule has 2 nitrogen and oxygen atoms in total. The molecular formula is C20H24ClNO. The van der Waals surface area contributed by atoms with Gasteiger partial charge in [-0.3, -0.25) is 4.79 Å². The van der Waals surface area contributed by atoms with Crippen molar-refractivity contribution in [1.82, 2.24) is 5.32 Å². The van der Waals surface area contributed by atoms with Crippen molar-refractivity contribution >= 4 is 17.5 Å². The summed E-state index contributed by atoms with van der Waals surface area (Å²) in [6, 6.07) is 15.8. The summed E-state index contributed by atoms with van der Waals surface area (Å²) < 4.78 is 0. The van der Waals surface area contributed by atoms with Crippen molar-refractivity contribution in [2.75, 3.05) is 0 Å². The van der Waals surface area contributed by atoms with Crippen LogP contribution in [0.15, 0.2) is 48.5 Å². The molecule has 2 aromatic carbocycles. The topological polar surface area (TPSA) is 29.1 Å². The fourth-order valence-electron chi connectivity index (χ4n) is 2.44. The van der Waals surface area contributed by atoms with Crippen molar-refractivity contribution in [1.29, 1.82) is 0 Å². The molecule has 0 aromatic heterocycles. The van der Waals surface area contributed by atoms with Gasteiger partial charge in [0.15, 0.2) is 0 Å². The molecule has 0 heterocycles. The molecule has 122 valence electrons. The van der Waals surface area contributed by atoms with Crippen LogP contribution in [0.1, 0.15) is 50.4 Å². The molecule has 0 aliphatic rings. The highest BCUT2D eigenvalue weighted by molar-refractivity contribution is 6.30. The molecule has 0 radical (unpaired) electrons. The molecule has 23 heavy (non-hydrogen) atoms. The minimum absolute atomic E-state index is 0.0104. The number of hydrogen-bond donors (Lipinski definition) is 1. The highest BCUT2D eigenvalue weighted by atomic mass is 35.5. The van der Waals surface area contributed by atoms with Crippen molar-refractivity contribution in [3.63, 3.8) is 0 Å². The molecule has 2 aromatic rings. The van der Waals surface area contributed by atoms with Crippen LogP contribution in [-0.2, 0) is 16.6 Å². The molecule has 0 aliphatic heterocycles. The summed E-state index contributed by atoms with van der Waals surface area (Å²) in [5.74, 6) is 0.0136. The lowest BCUT2D eigenvalue weighted by atomic mass is 9.86. The molecular weight excluding hydrogens is 306 g/mol. The van der Waals surface area contributed by atoms with Crippen LogP contribution in [0.2, 0.25) is 5.02 Å². The van der Waals surface area contributed by atoms with Gasteiger partial charge in [0, 0.05) is 5.02 Å². The first kappa shape index (κ1) is 17.6.